The van der Waals surface area contributed by atoms with Crippen LogP contribution < -0.4 is 5.32 Å². The molecule has 1 heterocycles. The molecule has 3 rings (SSSR count). The average molecular weight is 363 g/mol. The molecule has 0 unspecified atom stereocenters. The van der Waals surface area contributed by atoms with Crippen LogP contribution in [0.1, 0.15) is 28.5 Å². The molecule has 2 N–H and O–H groups in total. The highest BCUT2D eigenvalue weighted by Crippen LogP contribution is 2.20. The maximum absolute atomic E-state index is 12.4. The van der Waals surface area contributed by atoms with Crippen LogP contribution >= 0.6 is 0 Å². The van der Waals surface area contributed by atoms with Gasteiger partial charge in [-0.1, -0.05) is 48.5 Å². The summed E-state index contributed by atoms with van der Waals surface area (Å²) >= 11 is 0. The number of aryl methyl sites for hydroxylation is 2. The van der Waals surface area contributed by atoms with Gasteiger partial charge in [0.2, 0.25) is 0 Å². The predicted octanol–water partition coefficient (Wildman–Crippen LogP) is 3.88. The molecule has 0 bridgehead atoms. The summed E-state index contributed by atoms with van der Waals surface area (Å²) in [4.78, 5) is 24.7. The van der Waals surface area contributed by atoms with Crippen molar-refractivity contribution >= 4 is 17.6 Å². The van der Waals surface area contributed by atoms with Gasteiger partial charge in [-0.15, -0.1) is 0 Å². The summed E-state index contributed by atoms with van der Waals surface area (Å²) in [5.41, 5.74) is 4.34. The monoisotopic (exact) mass is 363 g/mol. The largest absolute Gasteiger partial charge is 0.448 e. The summed E-state index contributed by atoms with van der Waals surface area (Å²) in [5, 5.41) is 9.61. The Balaban J connectivity index is 1.65. The molecule has 0 saturated heterocycles. The molecule has 1 aromatic heterocycles. The normalized spacial score (nSPS) is 11.7. The van der Waals surface area contributed by atoms with Gasteiger partial charge in [-0.25, -0.2) is 4.79 Å². The molecular formula is C21H21N3O3. The van der Waals surface area contributed by atoms with Crippen LogP contribution in [0.5, 0.6) is 0 Å². The standard InChI is InChI=1S/C21H21N3O3/c1-13-8-7-9-14(2)19(13)22-20(25)15(3)27-21(26)18-12-17(23-24-18)16-10-5-4-6-11-16/h4-12,15H,1-3H3,(H,22,25)(H,23,24)/t15-/m0/s1. The number of aromatic amines is 1. The van der Waals surface area contributed by atoms with Gasteiger partial charge in [0, 0.05) is 11.3 Å². The molecule has 0 aliphatic rings. The van der Waals surface area contributed by atoms with Gasteiger partial charge < -0.3 is 10.1 Å². The van der Waals surface area contributed by atoms with Crippen molar-refractivity contribution < 1.29 is 14.3 Å². The summed E-state index contributed by atoms with van der Waals surface area (Å²) in [6.07, 6.45) is -0.944. The Bertz CT molecular complexity index is 944. The quantitative estimate of drug-likeness (QED) is 0.674. The van der Waals surface area contributed by atoms with Crippen molar-refractivity contribution in [3.63, 3.8) is 0 Å². The minimum absolute atomic E-state index is 0.195. The molecule has 27 heavy (non-hydrogen) atoms. The molecule has 0 radical (unpaired) electrons. The molecule has 1 amide bonds. The van der Waals surface area contributed by atoms with E-state index in [4.69, 9.17) is 4.74 Å². The number of nitrogens with zero attached hydrogens (tertiary/aromatic N) is 1. The number of benzene rings is 2. The predicted molar refractivity (Wildman–Crippen MR) is 103 cm³/mol. The zero-order valence-electron chi connectivity index (χ0n) is 15.4. The number of H-pyrrole nitrogens is 1. The summed E-state index contributed by atoms with van der Waals surface area (Å²) in [6.45, 7) is 5.36. The molecule has 0 aliphatic carbocycles. The van der Waals surface area contributed by atoms with E-state index in [1.807, 2.05) is 62.4 Å². The lowest BCUT2D eigenvalue weighted by Gasteiger charge is -2.15. The van der Waals surface area contributed by atoms with E-state index in [2.05, 4.69) is 15.5 Å². The number of anilines is 1. The van der Waals surface area contributed by atoms with Crippen molar-refractivity contribution in [1.82, 2.24) is 10.2 Å². The summed E-state index contributed by atoms with van der Waals surface area (Å²) in [7, 11) is 0. The fourth-order valence-electron chi connectivity index (χ4n) is 2.70. The molecule has 2 aromatic carbocycles. The summed E-state index contributed by atoms with van der Waals surface area (Å²) in [6, 6.07) is 16.8. The minimum Gasteiger partial charge on any atom is -0.448 e. The van der Waals surface area contributed by atoms with Crippen molar-refractivity contribution in [3.8, 4) is 11.3 Å². The van der Waals surface area contributed by atoms with Gasteiger partial charge in [-0.05, 0) is 38.0 Å². The van der Waals surface area contributed by atoms with Gasteiger partial charge in [0.05, 0.1) is 5.69 Å². The van der Waals surface area contributed by atoms with E-state index < -0.39 is 12.1 Å². The van der Waals surface area contributed by atoms with Crippen LogP contribution in [0.25, 0.3) is 11.3 Å². The van der Waals surface area contributed by atoms with Crippen LogP contribution in [0.4, 0.5) is 5.69 Å². The number of para-hydroxylation sites is 1. The molecule has 6 nitrogen and oxygen atoms in total. The van der Waals surface area contributed by atoms with E-state index in [0.717, 1.165) is 22.4 Å². The van der Waals surface area contributed by atoms with E-state index in [1.165, 1.54) is 6.92 Å². The number of hydrogen-bond acceptors (Lipinski definition) is 4. The highest BCUT2D eigenvalue weighted by molar-refractivity contribution is 5.98. The molecule has 0 saturated carbocycles. The third kappa shape index (κ3) is 4.23. The maximum atomic E-state index is 12.4. The first kappa shape index (κ1) is 18.4. The first-order valence-electron chi connectivity index (χ1n) is 8.64. The maximum Gasteiger partial charge on any atom is 0.357 e. The van der Waals surface area contributed by atoms with Crippen molar-refractivity contribution in [2.75, 3.05) is 5.32 Å². The third-order valence-electron chi connectivity index (χ3n) is 4.25. The zero-order chi connectivity index (χ0) is 19.4. The Morgan fingerprint density at radius 1 is 1.04 bits per heavy atom. The molecule has 0 spiro atoms. The molecule has 138 valence electrons. The second-order valence-corrected chi connectivity index (χ2v) is 6.34. The fraction of sp³-hybridized carbons (Fsp3) is 0.190. The van der Waals surface area contributed by atoms with Gasteiger partial charge in [0.15, 0.2) is 6.10 Å². The van der Waals surface area contributed by atoms with Crippen LogP contribution in [0.2, 0.25) is 0 Å². The first-order chi connectivity index (χ1) is 13.0. The van der Waals surface area contributed by atoms with E-state index in [9.17, 15) is 9.59 Å². The topological polar surface area (TPSA) is 84.1 Å². The number of hydrogen-bond donors (Lipinski definition) is 2. The number of esters is 1. The molecule has 0 fully saturated rings. The van der Waals surface area contributed by atoms with Gasteiger partial charge >= 0.3 is 5.97 Å². The van der Waals surface area contributed by atoms with Crippen LogP contribution in [0, 0.1) is 13.8 Å². The van der Waals surface area contributed by atoms with Crippen LogP contribution in [-0.2, 0) is 9.53 Å². The number of carbonyl (C=O) groups excluding carboxylic acids is 2. The lowest BCUT2D eigenvalue weighted by Crippen LogP contribution is -2.30. The van der Waals surface area contributed by atoms with Crippen LogP contribution in [-0.4, -0.2) is 28.2 Å². The smallest absolute Gasteiger partial charge is 0.357 e. The Kier molecular flexibility index (Phi) is 5.35. The molecule has 0 aliphatic heterocycles. The third-order valence-corrected chi connectivity index (χ3v) is 4.25. The second kappa shape index (κ2) is 7.86. The Labute approximate surface area is 157 Å². The van der Waals surface area contributed by atoms with E-state index in [1.54, 1.807) is 6.07 Å². The fourth-order valence-corrected chi connectivity index (χ4v) is 2.70. The first-order valence-corrected chi connectivity index (χ1v) is 8.64. The summed E-state index contributed by atoms with van der Waals surface area (Å²) in [5.74, 6) is -1.02. The van der Waals surface area contributed by atoms with Crippen molar-refractivity contribution in [2.45, 2.75) is 26.9 Å². The van der Waals surface area contributed by atoms with Crippen molar-refractivity contribution in [2.24, 2.45) is 0 Å². The van der Waals surface area contributed by atoms with Gasteiger partial charge in [0.1, 0.15) is 5.69 Å². The van der Waals surface area contributed by atoms with E-state index >= 15 is 0 Å². The Morgan fingerprint density at radius 2 is 1.70 bits per heavy atom. The van der Waals surface area contributed by atoms with Crippen molar-refractivity contribution in [3.05, 3.63) is 71.4 Å². The molecule has 3 aromatic rings. The van der Waals surface area contributed by atoms with Gasteiger partial charge in [-0.3, -0.25) is 9.89 Å². The van der Waals surface area contributed by atoms with Crippen molar-refractivity contribution in [1.29, 1.82) is 0 Å². The molecule has 1 atom stereocenters. The molecular weight excluding hydrogens is 342 g/mol. The van der Waals surface area contributed by atoms with Gasteiger partial charge in [-0.2, -0.15) is 5.10 Å². The highest BCUT2D eigenvalue weighted by atomic mass is 16.5. The number of carbonyl (C=O) groups is 2. The number of ether oxygens (including phenoxy) is 1. The Morgan fingerprint density at radius 3 is 2.37 bits per heavy atom. The number of nitrogens with one attached hydrogen (secondary N) is 2. The van der Waals surface area contributed by atoms with E-state index in [-0.39, 0.29) is 11.6 Å². The SMILES string of the molecule is Cc1cccc(C)c1NC(=O)[C@H](C)OC(=O)c1cc(-c2ccccc2)n[nH]1. The lowest BCUT2D eigenvalue weighted by atomic mass is 10.1. The summed E-state index contributed by atoms with van der Waals surface area (Å²) < 4.78 is 5.28. The highest BCUT2D eigenvalue weighted by Gasteiger charge is 2.21. The number of amides is 1. The van der Waals surface area contributed by atoms with Crippen LogP contribution in [0.15, 0.2) is 54.6 Å². The number of aromatic nitrogens is 2. The lowest BCUT2D eigenvalue weighted by molar-refractivity contribution is -0.123. The average Bonchev–Trinajstić information content (AvgIpc) is 3.15. The van der Waals surface area contributed by atoms with Gasteiger partial charge in [0.25, 0.3) is 5.91 Å². The van der Waals surface area contributed by atoms with Crippen LogP contribution in [0.3, 0.4) is 0 Å². The second-order valence-electron chi connectivity index (χ2n) is 6.34. The van der Waals surface area contributed by atoms with E-state index in [0.29, 0.717) is 5.69 Å². The number of rotatable bonds is 5. The Hall–Kier alpha value is -3.41. The zero-order valence-corrected chi connectivity index (χ0v) is 15.4. The molecule has 6 heteroatoms. The minimum atomic E-state index is -0.944.